The molecule has 1 heterocycles. The molecule has 1 amide bonds. The van der Waals surface area contributed by atoms with Crippen molar-refractivity contribution in [2.24, 2.45) is 10.9 Å². The molecule has 0 unspecified atom stereocenters. The van der Waals surface area contributed by atoms with E-state index in [4.69, 9.17) is 10.9 Å². The Hall–Kier alpha value is -2.41. The predicted octanol–water partition coefficient (Wildman–Crippen LogP) is 1.49. The second-order valence-corrected chi connectivity index (χ2v) is 4.11. The lowest BCUT2D eigenvalue weighted by molar-refractivity contribution is 0.102. The van der Waals surface area contributed by atoms with E-state index in [1.54, 1.807) is 35.2 Å². The lowest BCUT2D eigenvalue weighted by Crippen LogP contribution is -2.15. The van der Waals surface area contributed by atoms with Gasteiger partial charge in [-0.15, -0.1) is 11.3 Å². The van der Waals surface area contributed by atoms with Crippen LogP contribution in [0, 0.1) is 0 Å². The Kier molecular flexibility index (Phi) is 3.54. The van der Waals surface area contributed by atoms with Crippen LogP contribution in [-0.4, -0.2) is 21.9 Å². The number of oxime groups is 1. The van der Waals surface area contributed by atoms with Gasteiger partial charge in [0.2, 0.25) is 0 Å². The van der Waals surface area contributed by atoms with Gasteiger partial charge in [-0.2, -0.15) is 0 Å². The van der Waals surface area contributed by atoms with Gasteiger partial charge < -0.3 is 16.3 Å². The lowest BCUT2D eigenvalue weighted by atomic mass is 10.2. The fraction of sp³-hybridized carbons (Fsp3) is 0. The first-order chi connectivity index (χ1) is 8.70. The number of hydrogen-bond donors (Lipinski definition) is 3. The summed E-state index contributed by atoms with van der Waals surface area (Å²) in [5.41, 5.74) is 8.48. The van der Waals surface area contributed by atoms with E-state index in [9.17, 15) is 4.79 Å². The van der Waals surface area contributed by atoms with Gasteiger partial charge in [-0.25, -0.2) is 4.98 Å². The summed E-state index contributed by atoms with van der Waals surface area (Å²) in [6.45, 7) is 0. The van der Waals surface area contributed by atoms with Crippen molar-refractivity contribution in [3.63, 3.8) is 0 Å². The fourth-order valence-corrected chi connectivity index (χ4v) is 1.87. The van der Waals surface area contributed by atoms with Crippen molar-refractivity contribution < 1.29 is 10.0 Å². The molecule has 92 valence electrons. The van der Waals surface area contributed by atoms with Gasteiger partial charge in [0.15, 0.2) is 5.84 Å². The summed E-state index contributed by atoms with van der Waals surface area (Å²) in [4.78, 5) is 15.7. The van der Waals surface area contributed by atoms with E-state index in [2.05, 4.69) is 15.5 Å². The Morgan fingerprint density at radius 3 is 3.00 bits per heavy atom. The van der Waals surface area contributed by atoms with Gasteiger partial charge in [0.1, 0.15) is 5.69 Å². The number of anilines is 1. The zero-order valence-corrected chi connectivity index (χ0v) is 10.0. The van der Waals surface area contributed by atoms with E-state index >= 15 is 0 Å². The molecule has 1 aromatic heterocycles. The Bertz CT molecular complexity index is 580. The molecule has 2 aromatic rings. The van der Waals surface area contributed by atoms with E-state index in [0.717, 1.165) is 0 Å². The van der Waals surface area contributed by atoms with Crippen molar-refractivity contribution in [3.8, 4) is 0 Å². The molecule has 0 fully saturated rings. The molecule has 0 bridgehead atoms. The summed E-state index contributed by atoms with van der Waals surface area (Å²) in [6, 6.07) is 6.69. The normalized spacial score (nSPS) is 11.2. The third-order valence-electron chi connectivity index (χ3n) is 2.19. The molecule has 4 N–H and O–H groups in total. The predicted molar refractivity (Wildman–Crippen MR) is 69.0 cm³/mol. The topological polar surface area (TPSA) is 101 Å². The first kappa shape index (κ1) is 12.1. The summed E-state index contributed by atoms with van der Waals surface area (Å²) >= 11 is 1.35. The second kappa shape index (κ2) is 5.28. The van der Waals surface area contributed by atoms with Crippen LogP contribution in [0.1, 0.15) is 16.1 Å². The number of benzene rings is 1. The van der Waals surface area contributed by atoms with Gasteiger partial charge in [-0.1, -0.05) is 17.3 Å². The molecule has 1 aromatic carbocycles. The van der Waals surface area contributed by atoms with E-state index in [0.29, 0.717) is 16.9 Å². The average molecular weight is 262 g/mol. The number of nitrogens with two attached hydrogens (primary N) is 1. The minimum Gasteiger partial charge on any atom is -0.409 e. The number of hydrogen-bond acceptors (Lipinski definition) is 5. The van der Waals surface area contributed by atoms with Gasteiger partial charge in [-0.05, 0) is 12.1 Å². The number of nitrogens with zero attached hydrogens (tertiary/aromatic N) is 2. The first-order valence-corrected chi connectivity index (χ1v) is 5.92. The second-order valence-electron chi connectivity index (χ2n) is 3.39. The molecule has 18 heavy (non-hydrogen) atoms. The van der Waals surface area contributed by atoms with Crippen LogP contribution in [0.3, 0.4) is 0 Å². The largest absolute Gasteiger partial charge is 0.409 e. The van der Waals surface area contributed by atoms with Gasteiger partial charge in [0.05, 0.1) is 5.51 Å². The summed E-state index contributed by atoms with van der Waals surface area (Å²) in [5.74, 6) is -0.312. The van der Waals surface area contributed by atoms with E-state index < -0.39 is 0 Å². The number of amides is 1. The SMILES string of the molecule is NC(=NO)c1cccc(NC(=O)c2cscn2)c1. The van der Waals surface area contributed by atoms with Crippen molar-refractivity contribution in [1.29, 1.82) is 0 Å². The number of amidine groups is 1. The molecule has 0 atom stereocenters. The van der Waals surface area contributed by atoms with Crippen LogP contribution in [0.4, 0.5) is 5.69 Å². The zero-order valence-electron chi connectivity index (χ0n) is 9.20. The van der Waals surface area contributed by atoms with Crippen molar-refractivity contribution in [1.82, 2.24) is 4.98 Å². The van der Waals surface area contributed by atoms with E-state index in [-0.39, 0.29) is 11.7 Å². The number of carbonyl (C=O) groups is 1. The standard InChI is InChI=1S/C11H10N4O2S/c12-10(15-17)7-2-1-3-8(4-7)14-11(16)9-5-18-6-13-9/h1-6,17H,(H2,12,15)(H,14,16). The third-order valence-corrected chi connectivity index (χ3v) is 2.78. The van der Waals surface area contributed by atoms with E-state index in [1.807, 2.05) is 0 Å². The van der Waals surface area contributed by atoms with Gasteiger partial charge >= 0.3 is 0 Å². The zero-order chi connectivity index (χ0) is 13.0. The van der Waals surface area contributed by atoms with Crippen LogP contribution in [0.5, 0.6) is 0 Å². The Labute approximate surface area is 107 Å². The van der Waals surface area contributed by atoms with Crippen molar-refractivity contribution >= 4 is 28.8 Å². The smallest absolute Gasteiger partial charge is 0.275 e. The highest BCUT2D eigenvalue weighted by Gasteiger charge is 2.08. The molecular formula is C11H10N4O2S. The summed E-state index contributed by atoms with van der Waals surface area (Å²) in [5, 5.41) is 15.8. The molecule has 0 saturated carbocycles. The van der Waals surface area contributed by atoms with Gasteiger partial charge in [0.25, 0.3) is 5.91 Å². The third kappa shape index (κ3) is 2.64. The quantitative estimate of drug-likeness (QED) is 0.337. The van der Waals surface area contributed by atoms with Crippen LogP contribution in [0.25, 0.3) is 0 Å². The minimum absolute atomic E-state index is 0.0141. The summed E-state index contributed by atoms with van der Waals surface area (Å²) in [6.07, 6.45) is 0. The summed E-state index contributed by atoms with van der Waals surface area (Å²) in [7, 11) is 0. The van der Waals surface area contributed by atoms with Crippen LogP contribution in [-0.2, 0) is 0 Å². The van der Waals surface area contributed by atoms with Crippen molar-refractivity contribution in [2.75, 3.05) is 5.32 Å². The Morgan fingerprint density at radius 2 is 2.33 bits per heavy atom. The molecular weight excluding hydrogens is 252 g/mol. The molecule has 6 nitrogen and oxygen atoms in total. The lowest BCUT2D eigenvalue weighted by Gasteiger charge is -2.05. The van der Waals surface area contributed by atoms with E-state index in [1.165, 1.54) is 11.3 Å². The highest BCUT2D eigenvalue weighted by atomic mass is 32.1. The molecule has 7 heteroatoms. The number of carbonyl (C=O) groups excluding carboxylic acids is 1. The molecule has 0 spiro atoms. The van der Waals surface area contributed by atoms with Gasteiger partial charge in [0, 0.05) is 16.6 Å². The molecule has 0 aliphatic carbocycles. The van der Waals surface area contributed by atoms with Crippen molar-refractivity contribution in [2.45, 2.75) is 0 Å². The minimum atomic E-state index is -0.298. The maximum Gasteiger partial charge on any atom is 0.275 e. The monoisotopic (exact) mass is 262 g/mol. The maximum absolute atomic E-state index is 11.7. The number of aromatic nitrogens is 1. The first-order valence-electron chi connectivity index (χ1n) is 4.98. The maximum atomic E-state index is 11.7. The van der Waals surface area contributed by atoms with Crippen molar-refractivity contribution in [3.05, 3.63) is 46.4 Å². The van der Waals surface area contributed by atoms with Crippen LogP contribution in [0.15, 0.2) is 40.3 Å². The van der Waals surface area contributed by atoms with Crippen LogP contribution in [0.2, 0.25) is 0 Å². The van der Waals surface area contributed by atoms with Gasteiger partial charge in [-0.3, -0.25) is 4.79 Å². The Morgan fingerprint density at radius 1 is 1.50 bits per heavy atom. The highest BCUT2D eigenvalue weighted by molar-refractivity contribution is 7.07. The average Bonchev–Trinajstić information content (AvgIpc) is 2.92. The van der Waals surface area contributed by atoms with Crippen LogP contribution < -0.4 is 11.1 Å². The van der Waals surface area contributed by atoms with Crippen LogP contribution >= 0.6 is 11.3 Å². The molecule has 0 radical (unpaired) electrons. The number of rotatable bonds is 3. The molecule has 0 aliphatic heterocycles. The molecule has 0 saturated heterocycles. The number of thiazole rings is 1. The highest BCUT2D eigenvalue weighted by Crippen LogP contribution is 2.12. The molecule has 0 aliphatic rings. The summed E-state index contributed by atoms with van der Waals surface area (Å²) < 4.78 is 0. The Balaban J connectivity index is 2.17. The molecule has 2 rings (SSSR count). The number of nitrogens with one attached hydrogen (secondary N) is 1. The fourth-order valence-electron chi connectivity index (χ4n) is 1.33.